The van der Waals surface area contributed by atoms with Gasteiger partial charge in [0, 0.05) is 24.1 Å². The van der Waals surface area contributed by atoms with E-state index < -0.39 is 0 Å². The number of anilines is 1. The Morgan fingerprint density at radius 1 is 1.19 bits per heavy atom. The number of rotatable bonds is 6. The first kappa shape index (κ1) is 15.3. The van der Waals surface area contributed by atoms with Crippen LogP contribution < -0.4 is 14.4 Å². The van der Waals surface area contributed by atoms with Gasteiger partial charge in [-0.1, -0.05) is 5.11 Å². The first-order chi connectivity index (χ1) is 10.3. The van der Waals surface area contributed by atoms with E-state index in [1.54, 1.807) is 6.07 Å². The normalized spacial score (nSPS) is 14.5. The highest BCUT2D eigenvalue weighted by Gasteiger charge is 2.19. The highest BCUT2D eigenvalue weighted by Crippen LogP contribution is 2.40. The largest absolute Gasteiger partial charge is 0.493 e. The van der Waals surface area contributed by atoms with Gasteiger partial charge in [-0.15, -0.1) is 0 Å². The number of morpholine rings is 1. The average molecular weight is 292 g/mol. The van der Waals surface area contributed by atoms with Gasteiger partial charge in [-0.25, -0.2) is 0 Å². The lowest BCUT2D eigenvalue weighted by Crippen LogP contribution is -2.36. The molecule has 7 heteroatoms. The molecule has 1 fully saturated rings. The molecular weight excluding hydrogens is 272 g/mol. The molecule has 0 amide bonds. The van der Waals surface area contributed by atoms with Crippen molar-refractivity contribution in [2.75, 3.05) is 44.4 Å². The molecule has 0 saturated carbocycles. The maximum atomic E-state index is 8.69. The molecule has 0 aromatic heterocycles. The van der Waals surface area contributed by atoms with Crippen LogP contribution in [0.3, 0.4) is 0 Å². The van der Waals surface area contributed by atoms with Crippen molar-refractivity contribution >= 4 is 11.4 Å². The van der Waals surface area contributed by atoms with Crippen LogP contribution in [0.4, 0.5) is 11.4 Å². The lowest BCUT2D eigenvalue weighted by Gasteiger charge is -2.30. The van der Waals surface area contributed by atoms with E-state index in [-0.39, 0.29) is 0 Å². The number of ether oxygens (including phenoxy) is 3. The summed E-state index contributed by atoms with van der Waals surface area (Å²) in [5.74, 6) is 1.27. The van der Waals surface area contributed by atoms with Crippen LogP contribution in [0.25, 0.3) is 10.4 Å². The van der Waals surface area contributed by atoms with Crippen LogP contribution in [0.15, 0.2) is 17.2 Å². The molecule has 0 aliphatic carbocycles. The second kappa shape index (κ2) is 7.61. The second-order valence-electron chi connectivity index (χ2n) is 4.44. The van der Waals surface area contributed by atoms with Crippen molar-refractivity contribution in [1.29, 1.82) is 0 Å². The first-order valence-electron chi connectivity index (χ1n) is 7.11. The molecule has 0 radical (unpaired) electrons. The van der Waals surface area contributed by atoms with Crippen LogP contribution in [0.1, 0.15) is 13.8 Å². The zero-order chi connectivity index (χ0) is 15.1. The van der Waals surface area contributed by atoms with E-state index in [0.29, 0.717) is 43.6 Å². The molecule has 1 aliphatic heterocycles. The molecule has 0 spiro atoms. The topological polar surface area (TPSA) is 79.7 Å². The van der Waals surface area contributed by atoms with Gasteiger partial charge in [-0.3, -0.25) is 0 Å². The van der Waals surface area contributed by atoms with Crippen molar-refractivity contribution in [1.82, 2.24) is 0 Å². The van der Waals surface area contributed by atoms with E-state index in [1.807, 2.05) is 19.9 Å². The molecule has 2 rings (SSSR count). The SMILES string of the molecule is CCOc1cc(N2CCOCC2)c(OCC)cc1N=[N+]=[N-]. The highest BCUT2D eigenvalue weighted by atomic mass is 16.5. The number of nitrogens with zero attached hydrogens (tertiary/aromatic N) is 4. The summed E-state index contributed by atoms with van der Waals surface area (Å²) in [6.45, 7) is 7.84. The quantitative estimate of drug-likeness (QED) is 0.458. The summed E-state index contributed by atoms with van der Waals surface area (Å²) in [5, 5.41) is 3.69. The van der Waals surface area contributed by atoms with Crippen LogP contribution >= 0.6 is 0 Å². The maximum Gasteiger partial charge on any atom is 0.143 e. The second-order valence-corrected chi connectivity index (χ2v) is 4.44. The lowest BCUT2D eigenvalue weighted by molar-refractivity contribution is 0.122. The van der Waals surface area contributed by atoms with Gasteiger partial charge in [0.25, 0.3) is 0 Å². The Bertz CT molecular complexity index is 523. The Hall–Kier alpha value is -2.11. The molecule has 1 aromatic rings. The molecule has 0 atom stereocenters. The molecule has 1 aliphatic rings. The molecule has 1 heterocycles. The molecule has 0 bridgehead atoms. The van der Waals surface area contributed by atoms with E-state index in [0.717, 1.165) is 18.8 Å². The predicted molar refractivity (Wildman–Crippen MR) is 80.6 cm³/mol. The third kappa shape index (κ3) is 3.71. The molecule has 0 N–H and O–H groups in total. The number of hydrogen-bond donors (Lipinski definition) is 0. The van der Waals surface area contributed by atoms with E-state index in [9.17, 15) is 0 Å². The van der Waals surface area contributed by atoms with Crippen molar-refractivity contribution in [2.45, 2.75) is 13.8 Å². The van der Waals surface area contributed by atoms with Crippen LogP contribution in [0, 0.1) is 0 Å². The van der Waals surface area contributed by atoms with Crippen molar-refractivity contribution in [3.63, 3.8) is 0 Å². The van der Waals surface area contributed by atoms with Crippen molar-refractivity contribution in [3.05, 3.63) is 22.6 Å². The zero-order valence-corrected chi connectivity index (χ0v) is 12.4. The van der Waals surface area contributed by atoms with Gasteiger partial charge in [-0.05, 0) is 25.4 Å². The van der Waals surface area contributed by atoms with Crippen molar-refractivity contribution in [3.8, 4) is 11.5 Å². The maximum absolute atomic E-state index is 8.69. The summed E-state index contributed by atoms with van der Waals surface area (Å²) >= 11 is 0. The summed E-state index contributed by atoms with van der Waals surface area (Å²) in [5.41, 5.74) is 10.1. The summed E-state index contributed by atoms with van der Waals surface area (Å²) in [7, 11) is 0. The third-order valence-corrected chi connectivity index (χ3v) is 3.14. The van der Waals surface area contributed by atoms with Crippen molar-refractivity contribution < 1.29 is 14.2 Å². The number of azide groups is 1. The fourth-order valence-electron chi connectivity index (χ4n) is 2.26. The Labute approximate surface area is 124 Å². The van der Waals surface area contributed by atoms with Gasteiger partial charge in [-0.2, -0.15) is 0 Å². The molecule has 1 aromatic carbocycles. The highest BCUT2D eigenvalue weighted by molar-refractivity contribution is 5.70. The molecule has 21 heavy (non-hydrogen) atoms. The Morgan fingerprint density at radius 3 is 2.48 bits per heavy atom. The van der Waals surface area contributed by atoms with Crippen LogP contribution in [0.2, 0.25) is 0 Å². The fraction of sp³-hybridized carbons (Fsp3) is 0.571. The molecule has 1 saturated heterocycles. The Balaban J connectivity index is 2.43. The van der Waals surface area contributed by atoms with Gasteiger partial charge >= 0.3 is 0 Å². The molecule has 7 nitrogen and oxygen atoms in total. The Kier molecular flexibility index (Phi) is 5.54. The molecule has 0 unspecified atom stereocenters. The summed E-state index contributed by atoms with van der Waals surface area (Å²) in [4.78, 5) is 5.04. The van der Waals surface area contributed by atoms with Crippen molar-refractivity contribution in [2.24, 2.45) is 5.11 Å². The molecule has 114 valence electrons. The fourth-order valence-corrected chi connectivity index (χ4v) is 2.26. The summed E-state index contributed by atoms with van der Waals surface area (Å²) < 4.78 is 16.6. The van der Waals surface area contributed by atoms with E-state index in [4.69, 9.17) is 19.7 Å². The third-order valence-electron chi connectivity index (χ3n) is 3.14. The van der Waals surface area contributed by atoms with Gasteiger partial charge in [0.05, 0.1) is 37.8 Å². The van der Waals surface area contributed by atoms with Crippen LogP contribution in [0.5, 0.6) is 11.5 Å². The van der Waals surface area contributed by atoms with E-state index in [2.05, 4.69) is 14.9 Å². The van der Waals surface area contributed by atoms with Gasteiger partial charge in [0.1, 0.15) is 11.5 Å². The minimum atomic E-state index is 0.444. The van der Waals surface area contributed by atoms with E-state index in [1.165, 1.54) is 0 Å². The standard InChI is InChI=1S/C14H20N4O3/c1-3-20-13-10-12(18-5-7-19-8-6-18)14(21-4-2)9-11(13)16-17-15/h9-10H,3-8H2,1-2H3. The number of hydrogen-bond acceptors (Lipinski definition) is 5. The lowest BCUT2D eigenvalue weighted by atomic mass is 10.2. The first-order valence-corrected chi connectivity index (χ1v) is 7.11. The monoisotopic (exact) mass is 292 g/mol. The van der Waals surface area contributed by atoms with Crippen LogP contribution in [-0.4, -0.2) is 39.5 Å². The van der Waals surface area contributed by atoms with Gasteiger partial charge in [0.15, 0.2) is 0 Å². The minimum absolute atomic E-state index is 0.444. The average Bonchev–Trinajstić information content (AvgIpc) is 2.51. The number of benzene rings is 1. The van der Waals surface area contributed by atoms with Crippen LogP contribution in [-0.2, 0) is 4.74 Å². The van der Waals surface area contributed by atoms with Gasteiger partial charge < -0.3 is 19.1 Å². The van der Waals surface area contributed by atoms with E-state index >= 15 is 0 Å². The predicted octanol–water partition coefficient (Wildman–Crippen LogP) is 3.26. The zero-order valence-electron chi connectivity index (χ0n) is 12.4. The Morgan fingerprint density at radius 2 is 1.86 bits per heavy atom. The van der Waals surface area contributed by atoms with Gasteiger partial charge in [0.2, 0.25) is 0 Å². The summed E-state index contributed by atoms with van der Waals surface area (Å²) in [6.07, 6.45) is 0. The smallest absolute Gasteiger partial charge is 0.143 e. The minimum Gasteiger partial charge on any atom is -0.493 e. The molecular formula is C14H20N4O3. The summed E-state index contributed by atoms with van der Waals surface area (Å²) in [6, 6.07) is 3.61.